The summed E-state index contributed by atoms with van der Waals surface area (Å²) in [5.74, 6) is 0.166. The maximum atomic E-state index is 12.2. The second-order valence-corrected chi connectivity index (χ2v) is 7.25. The molecule has 0 radical (unpaired) electrons. The molecule has 0 fully saturated rings. The van der Waals surface area contributed by atoms with E-state index in [1.165, 1.54) is 7.11 Å². The molecule has 1 N–H and O–H groups in total. The third-order valence-electron chi connectivity index (χ3n) is 4.81. The summed E-state index contributed by atoms with van der Waals surface area (Å²) in [6.07, 6.45) is 3.53. The summed E-state index contributed by atoms with van der Waals surface area (Å²) in [6, 6.07) is 25.8. The van der Waals surface area contributed by atoms with E-state index in [1.807, 2.05) is 97.1 Å². The zero-order valence-electron chi connectivity index (χ0n) is 18.5. The monoisotopic (exact) mass is 445 g/mol. The fraction of sp³-hybridized carbons (Fsp3) is 0.185. The zero-order chi connectivity index (χ0) is 23.3. The molecular weight excluding hydrogens is 418 g/mol. The predicted molar refractivity (Wildman–Crippen MR) is 127 cm³/mol. The number of rotatable bonds is 10. The molecule has 6 heteroatoms. The van der Waals surface area contributed by atoms with E-state index in [0.29, 0.717) is 12.4 Å². The van der Waals surface area contributed by atoms with Gasteiger partial charge in [0.2, 0.25) is 0 Å². The summed E-state index contributed by atoms with van der Waals surface area (Å²) in [4.78, 5) is 24.3. The molecule has 0 spiro atoms. The first-order chi connectivity index (χ1) is 16.1. The van der Waals surface area contributed by atoms with Gasteiger partial charge in [-0.3, -0.25) is 0 Å². The summed E-state index contributed by atoms with van der Waals surface area (Å²) < 4.78 is 15.8. The van der Waals surface area contributed by atoms with Gasteiger partial charge in [-0.1, -0.05) is 78.9 Å². The highest BCUT2D eigenvalue weighted by Crippen LogP contribution is 2.14. The van der Waals surface area contributed by atoms with Crippen LogP contribution in [0.15, 0.2) is 91.0 Å². The number of methoxy groups -OCH3 is 1. The average Bonchev–Trinajstić information content (AvgIpc) is 2.86. The maximum absolute atomic E-state index is 12.2. The lowest BCUT2D eigenvalue weighted by molar-refractivity contribution is -0.143. The molecule has 3 aromatic rings. The van der Waals surface area contributed by atoms with E-state index in [-0.39, 0.29) is 13.0 Å². The molecule has 0 aromatic heterocycles. The van der Waals surface area contributed by atoms with Crippen molar-refractivity contribution in [3.05, 3.63) is 108 Å². The Morgan fingerprint density at radius 1 is 0.879 bits per heavy atom. The van der Waals surface area contributed by atoms with Gasteiger partial charge in [-0.2, -0.15) is 0 Å². The Kier molecular flexibility index (Phi) is 9.09. The fourth-order valence-corrected chi connectivity index (χ4v) is 3.09. The van der Waals surface area contributed by atoms with Gasteiger partial charge < -0.3 is 19.5 Å². The second kappa shape index (κ2) is 12.7. The van der Waals surface area contributed by atoms with Gasteiger partial charge in [0.05, 0.1) is 7.11 Å². The highest BCUT2D eigenvalue weighted by atomic mass is 16.6. The van der Waals surface area contributed by atoms with Crippen molar-refractivity contribution >= 4 is 18.1 Å². The summed E-state index contributed by atoms with van der Waals surface area (Å²) in [7, 11) is 1.28. The standard InChI is InChI=1S/C27H27NO5/c1-31-26(29)25(28-27(30)33-20-23-11-6-3-7-12-23)19-22-14-16-24(17-15-22)32-18-8-13-21-9-4-2-5-10-21/h2-17,25H,18-20H2,1H3,(H,28,30)/b13-8+/t25-/m0/s1. The molecule has 0 aliphatic heterocycles. The number of nitrogens with one attached hydrogen (secondary N) is 1. The van der Waals surface area contributed by atoms with Crippen LogP contribution in [-0.2, 0) is 27.3 Å². The van der Waals surface area contributed by atoms with E-state index in [1.54, 1.807) is 0 Å². The Balaban J connectivity index is 1.49. The van der Waals surface area contributed by atoms with Crippen LogP contribution in [0.25, 0.3) is 6.08 Å². The smallest absolute Gasteiger partial charge is 0.408 e. The number of hydrogen-bond donors (Lipinski definition) is 1. The van der Waals surface area contributed by atoms with Crippen molar-refractivity contribution in [1.82, 2.24) is 5.32 Å². The van der Waals surface area contributed by atoms with Gasteiger partial charge in [0.25, 0.3) is 0 Å². The molecule has 0 bridgehead atoms. The lowest BCUT2D eigenvalue weighted by Gasteiger charge is -2.17. The number of alkyl carbamates (subject to hydrolysis) is 1. The van der Waals surface area contributed by atoms with Crippen LogP contribution in [0, 0.1) is 0 Å². The molecule has 1 amide bonds. The number of carbonyl (C=O) groups is 2. The number of esters is 1. The van der Waals surface area contributed by atoms with E-state index >= 15 is 0 Å². The first kappa shape index (κ1) is 23.6. The minimum Gasteiger partial charge on any atom is -0.490 e. The van der Waals surface area contributed by atoms with E-state index < -0.39 is 18.1 Å². The lowest BCUT2D eigenvalue weighted by atomic mass is 10.1. The molecule has 3 rings (SSSR count). The lowest BCUT2D eigenvalue weighted by Crippen LogP contribution is -2.43. The first-order valence-electron chi connectivity index (χ1n) is 10.6. The molecule has 170 valence electrons. The molecule has 0 saturated carbocycles. The van der Waals surface area contributed by atoms with Crippen molar-refractivity contribution in [2.75, 3.05) is 13.7 Å². The Hall–Kier alpha value is -4.06. The van der Waals surface area contributed by atoms with E-state index in [9.17, 15) is 9.59 Å². The van der Waals surface area contributed by atoms with Crippen LogP contribution >= 0.6 is 0 Å². The fourth-order valence-electron chi connectivity index (χ4n) is 3.09. The number of amides is 1. The summed E-state index contributed by atoms with van der Waals surface area (Å²) in [6.45, 7) is 0.555. The van der Waals surface area contributed by atoms with Crippen LogP contribution in [-0.4, -0.2) is 31.8 Å². The Bertz CT molecular complexity index is 1030. The largest absolute Gasteiger partial charge is 0.490 e. The quantitative estimate of drug-likeness (QED) is 0.454. The summed E-state index contributed by atoms with van der Waals surface area (Å²) in [5.41, 5.74) is 2.82. The van der Waals surface area contributed by atoms with Gasteiger partial charge in [-0.25, -0.2) is 9.59 Å². The Morgan fingerprint density at radius 3 is 2.21 bits per heavy atom. The van der Waals surface area contributed by atoms with Gasteiger partial charge in [0, 0.05) is 6.42 Å². The molecule has 3 aromatic carbocycles. The van der Waals surface area contributed by atoms with Crippen LogP contribution in [0.4, 0.5) is 4.79 Å². The number of carbonyl (C=O) groups excluding carboxylic acids is 2. The third-order valence-corrected chi connectivity index (χ3v) is 4.81. The average molecular weight is 446 g/mol. The van der Waals surface area contributed by atoms with Crippen molar-refractivity contribution in [2.45, 2.75) is 19.1 Å². The SMILES string of the molecule is COC(=O)[C@H](Cc1ccc(OC/C=C/c2ccccc2)cc1)NC(=O)OCc1ccccc1. The van der Waals surface area contributed by atoms with E-state index in [4.69, 9.17) is 14.2 Å². The normalized spacial score (nSPS) is 11.5. The highest BCUT2D eigenvalue weighted by Gasteiger charge is 2.22. The molecule has 1 atom stereocenters. The molecule has 0 heterocycles. The molecule has 33 heavy (non-hydrogen) atoms. The van der Waals surface area contributed by atoms with Crippen molar-refractivity contribution in [3.63, 3.8) is 0 Å². The van der Waals surface area contributed by atoms with E-state index in [0.717, 1.165) is 16.7 Å². The van der Waals surface area contributed by atoms with Crippen molar-refractivity contribution < 1.29 is 23.8 Å². The van der Waals surface area contributed by atoms with Gasteiger partial charge in [-0.05, 0) is 34.9 Å². The van der Waals surface area contributed by atoms with Gasteiger partial charge in [0.1, 0.15) is 25.0 Å². The molecular formula is C27H27NO5. The van der Waals surface area contributed by atoms with Crippen molar-refractivity contribution in [2.24, 2.45) is 0 Å². The molecule has 0 aliphatic rings. The van der Waals surface area contributed by atoms with Crippen LogP contribution in [0.3, 0.4) is 0 Å². The first-order valence-corrected chi connectivity index (χ1v) is 10.6. The third kappa shape index (κ3) is 8.18. The zero-order valence-corrected chi connectivity index (χ0v) is 18.5. The number of ether oxygens (including phenoxy) is 3. The molecule has 0 saturated heterocycles. The minimum absolute atomic E-state index is 0.116. The van der Waals surface area contributed by atoms with Crippen LogP contribution in [0.2, 0.25) is 0 Å². The summed E-state index contributed by atoms with van der Waals surface area (Å²) >= 11 is 0. The highest BCUT2D eigenvalue weighted by molar-refractivity contribution is 5.81. The topological polar surface area (TPSA) is 73.9 Å². The Morgan fingerprint density at radius 2 is 1.55 bits per heavy atom. The summed E-state index contributed by atoms with van der Waals surface area (Å²) in [5, 5.41) is 2.58. The predicted octanol–water partition coefficient (Wildman–Crippen LogP) is 4.79. The van der Waals surface area contributed by atoms with Gasteiger partial charge in [-0.15, -0.1) is 0 Å². The van der Waals surface area contributed by atoms with Crippen LogP contribution < -0.4 is 10.1 Å². The van der Waals surface area contributed by atoms with Gasteiger partial charge in [0.15, 0.2) is 0 Å². The molecule has 0 unspecified atom stereocenters. The molecule has 6 nitrogen and oxygen atoms in total. The van der Waals surface area contributed by atoms with Crippen LogP contribution in [0.1, 0.15) is 16.7 Å². The minimum atomic E-state index is -0.862. The number of benzene rings is 3. The van der Waals surface area contributed by atoms with Crippen molar-refractivity contribution in [3.8, 4) is 5.75 Å². The van der Waals surface area contributed by atoms with Gasteiger partial charge >= 0.3 is 12.1 Å². The van der Waals surface area contributed by atoms with Crippen molar-refractivity contribution in [1.29, 1.82) is 0 Å². The molecule has 0 aliphatic carbocycles. The Labute approximate surface area is 193 Å². The second-order valence-electron chi connectivity index (χ2n) is 7.25. The van der Waals surface area contributed by atoms with Crippen LogP contribution in [0.5, 0.6) is 5.75 Å². The van der Waals surface area contributed by atoms with E-state index in [2.05, 4.69) is 5.32 Å². The number of hydrogen-bond acceptors (Lipinski definition) is 5. The maximum Gasteiger partial charge on any atom is 0.408 e.